The highest BCUT2D eigenvalue weighted by Crippen LogP contribution is 2.22. The molecule has 0 aliphatic heterocycles. The molecule has 0 fully saturated rings. The molecule has 7 nitrogen and oxygen atoms in total. The number of aromatic hydroxyl groups is 1. The lowest BCUT2D eigenvalue weighted by Crippen LogP contribution is -2.30. The molecule has 0 bridgehead atoms. The summed E-state index contributed by atoms with van der Waals surface area (Å²) in [7, 11) is 0. The maximum atomic E-state index is 12.6. The number of hydrogen-bond donors (Lipinski definition) is 2. The van der Waals surface area contributed by atoms with Crippen LogP contribution in [0.4, 0.5) is 0 Å². The van der Waals surface area contributed by atoms with E-state index in [-0.39, 0.29) is 5.69 Å². The smallest absolute Gasteiger partial charge is 0.275 e. The Bertz CT molecular complexity index is 1330. The largest absolute Gasteiger partial charge is 0.505 e. The Hall–Kier alpha value is -3.78. The number of thiazole rings is 1. The average Bonchev–Trinajstić information content (AvgIpc) is 3.20. The number of carbonyl (C=O) groups is 1. The molecule has 8 heteroatoms. The minimum Gasteiger partial charge on any atom is -0.505 e. The molecule has 2 N–H and O–H groups in total. The third kappa shape index (κ3) is 4.76. The Morgan fingerprint density at radius 1 is 1.12 bits per heavy atom. The third-order valence-corrected chi connectivity index (χ3v) is 5.71. The molecular weight excluding hydrogens is 424 g/mol. The van der Waals surface area contributed by atoms with Gasteiger partial charge in [-0.2, -0.15) is 9.78 Å². The summed E-state index contributed by atoms with van der Waals surface area (Å²) >= 11 is 1.61. The van der Waals surface area contributed by atoms with Crippen LogP contribution < -0.4 is 10.9 Å². The van der Waals surface area contributed by atoms with Crippen LogP contribution in [-0.4, -0.2) is 32.3 Å². The highest BCUT2D eigenvalue weighted by molar-refractivity contribution is 7.09. The Morgan fingerprint density at radius 2 is 1.91 bits per heavy atom. The molecule has 0 saturated carbocycles. The monoisotopic (exact) mass is 446 g/mol. The van der Waals surface area contributed by atoms with Crippen LogP contribution in [0.1, 0.15) is 26.6 Å². The van der Waals surface area contributed by atoms with Crippen LogP contribution in [0.15, 0.2) is 64.8 Å². The highest BCUT2D eigenvalue weighted by Gasteiger charge is 2.16. The van der Waals surface area contributed by atoms with Crippen molar-refractivity contribution in [3.63, 3.8) is 0 Å². The lowest BCUT2D eigenvalue weighted by atomic mass is 10.1. The zero-order valence-corrected chi connectivity index (χ0v) is 18.5. The van der Waals surface area contributed by atoms with Gasteiger partial charge in [0.25, 0.3) is 11.5 Å². The fraction of sp³-hybridized carbons (Fsp3) is 0.167. The Kier molecular flexibility index (Phi) is 6.13. The van der Waals surface area contributed by atoms with Crippen molar-refractivity contribution in [3.05, 3.63) is 92.2 Å². The van der Waals surface area contributed by atoms with Crippen LogP contribution >= 0.6 is 11.3 Å². The lowest BCUT2D eigenvalue weighted by molar-refractivity contribution is 0.0944. The van der Waals surface area contributed by atoms with Crippen molar-refractivity contribution in [2.75, 3.05) is 6.54 Å². The number of aryl methyl sites for hydroxylation is 2. The minimum absolute atomic E-state index is 0.194. The molecule has 2 aromatic heterocycles. The molecule has 1 amide bonds. The second-order valence-corrected chi connectivity index (χ2v) is 8.48. The molecule has 0 aliphatic rings. The van der Waals surface area contributed by atoms with Crippen LogP contribution in [0, 0.1) is 13.8 Å². The van der Waals surface area contributed by atoms with Gasteiger partial charge in [-0.25, -0.2) is 4.98 Å². The average molecular weight is 447 g/mol. The minimum atomic E-state index is -0.543. The van der Waals surface area contributed by atoms with Crippen LogP contribution in [0.25, 0.3) is 16.9 Å². The lowest BCUT2D eigenvalue weighted by Gasteiger charge is -2.10. The Labute approximate surface area is 189 Å². The van der Waals surface area contributed by atoms with E-state index in [2.05, 4.69) is 15.4 Å². The van der Waals surface area contributed by atoms with Crippen LogP contribution in [0.3, 0.4) is 0 Å². The van der Waals surface area contributed by atoms with Crippen molar-refractivity contribution < 1.29 is 9.90 Å². The summed E-state index contributed by atoms with van der Waals surface area (Å²) in [6, 6.07) is 16.2. The molecule has 0 atom stereocenters. The van der Waals surface area contributed by atoms with E-state index >= 15 is 0 Å². The highest BCUT2D eigenvalue weighted by atomic mass is 32.1. The Morgan fingerprint density at radius 3 is 2.59 bits per heavy atom. The predicted molar refractivity (Wildman–Crippen MR) is 125 cm³/mol. The number of nitrogens with one attached hydrogen (secondary N) is 1. The SMILES string of the molecule is Cc1cccc(-n2nc(C(=O)NCCc3ccc(-c4csc(C)n4)cc3)c(O)cc2=O)c1. The first kappa shape index (κ1) is 21.5. The number of hydrogen-bond acceptors (Lipinski definition) is 6. The number of rotatable bonds is 6. The molecule has 2 aromatic carbocycles. The molecule has 162 valence electrons. The van der Waals surface area contributed by atoms with Gasteiger partial charge in [0.15, 0.2) is 11.4 Å². The van der Waals surface area contributed by atoms with Crippen molar-refractivity contribution in [1.29, 1.82) is 0 Å². The molecule has 32 heavy (non-hydrogen) atoms. The summed E-state index contributed by atoms with van der Waals surface area (Å²) in [5.74, 6) is -0.988. The maximum Gasteiger partial charge on any atom is 0.275 e. The van der Waals surface area contributed by atoms with Crippen LogP contribution in [0.2, 0.25) is 0 Å². The van der Waals surface area contributed by atoms with Crippen molar-refractivity contribution in [2.24, 2.45) is 0 Å². The maximum absolute atomic E-state index is 12.6. The molecule has 4 rings (SSSR count). The second kappa shape index (κ2) is 9.15. The van der Waals surface area contributed by atoms with Gasteiger partial charge in [-0.15, -0.1) is 11.3 Å². The van der Waals surface area contributed by atoms with E-state index in [1.54, 1.807) is 29.5 Å². The second-order valence-electron chi connectivity index (χ2n) is 7.42. The van der Waals surface area contributed by atoms with E-state index in [1.807, 2.05) is 49.6 Å². The summed E-state index contributed by atoms with van der Waals surface area (Å²) in [5, 5.41) is 20.0. The molecule has 0 saturated heterocycles. The topological polar surface area (TPSA) is 97.1 Å². The zero-order chi connectivity index (χ0) is 22.7. The number of nitrogens with zero attached hydrogens (tertiary/aromatic N) is 3. The number of benzene rings is 2. The zero-order valence-electron chi connectivity index (χ0n) is 17.7. The number of amides is 1. The summed E-state index contributed by atoms with van der Waals surface area (Å²) in [5.41, 5.74) is 3.83. The standard InChI is InChI=1S/C24H22N4O3S/c1-15-4-3-5-19(12-15)28-22(30)13-21(29)23(27-28)24(31)25-11-10-17-6-8-18(9-7-17)20-14-32-16(2)26-20/h3-9,12-14,29H,10-11H2,1-2H3,(H,25,31). The van der Waals surface area contributed by atoms with Gasteiger partial charge in [-0.1, -0.05) is 36.4 Å². The van der Waals surface area contributed by atoms with Gasteiger partial charge in [-0.05, 0) is 43.5 Å². The first-order valence-corrected chi connectivity index (χ1v) is 11.0. The van der Waals surface area contributed by atoms with E-state index in [0.29, 0.717) is 18.7 Å². The fourth-order valence-corrected chi connectivity index (χ4v) is 3.92. The number of aromatic nitrogens is 3. The van der Waals surface area contributed by atoms with Crippen LogP contribution in [-0.2, 0) is 6.42 Å². The summed E-state index contributed by atoms with van der Waals surface area (Å²) in [6.07, 6.45) is 0.612. The summed E-state index contributed by atoms with van der Waals surface area (Å²) in [4.78, 5) is 29.3. The molecule has 0 radical (unpaired) electrons. The van der Waals surface area contributed by atoms with Gasteiger partial charge < -0.3 is 10.4 Å². The molecular formula is C24H22N4O3S. The van der Waals surface area contributed by atoms with E-state index in [4.69, 9.17) is 0 Å². The van der Waals surface area contributed by atoms with Crippen LogP contribution in [0.5, 0.6) is 5.75 Å². The predicted octanol–water partition coefficient (Wildman–Crippen LogP) is 3.65. The summed E-state index contributed by atoms with van der Waals surface area (Å²) in [6.45, 7) is 4.23. The molecule has 0 aliphatic carbocycles. The van der Waals surface area contributed by atoms with E-state index in [9.17, 15) is 14.7 Å². The van der Waals surface area contributed by atoms with Crippen molar-refractivity contribution in [1.82, 2.24) is 20.1 Å². The van der Waals surface area contributed by atoms with Gasteiger partial charge in [0.2, 0.25) is 0 Å². The first-order chi connectivity index (χ1) is 15.4. The van der Waals surface area contributed by atoms with Gasteiger partial charge in [-0.3, -0.25) is 9.59 Å². The van der Waals surface area contributed by atoms with Crippen molar-refractivity contribution in [2.45, 2.75) is 20.3 Å². The van der Waals surface area contributed by atoms with Gasteiger partial charge in [0, 0.05) is 23.6 Å². The van der Waals surface area contributed by atoms with Gasteiger partial charge in [0.1, 0.15) is 0 Å². The van der Waals surface area contributed by atoms with E-state index in [1.165, 1.54) is 0 Å². The normalized spacial score (nSPS) is 10.8. The fourth-order valence-electron chi connectivity index (χ4n) is 3.30. The van der Waals surface area contributed by atoms with Crippen molar-refractivity contribution >= 4 is 17.2 Å². The van der Waals surface area contributed by atoms with E-state index < -0.39 is 17.2 Å². The molecule has 0 unspecified atom stereocenters. The quantitative estimate of drug-likeness (QED) is 0.471. The third-order valence-electron chi connectivity index (χ3n) is 4.94. The molecule has 2 heterocycles. The Balaban J connectivity index is 1.43. The molecule has 4 aromatic rings. The number of carbonyl (C=O) groups excluding carboxylic acids is 1. The van der Waals surface area contributed by atoms with Crippen molar-refractivity contribution in [3.8, 4) is 22.7 Å². The van der Waals surface area contributed by atoms with E-state index in [0.717, 1.165) is 38.1 Å². The first-order valence-electron chi connectivity index (χ1n) is 10.1. The van der Waals surface area contributed by atoms with Gasteiger partial charge in [0.05, 0.1) is 16.4 Å². The summed E-state index contributed by atoms with van der Waals surface area (Å²) < 4.78 is 1.11. The van der Waals surface area contributed by atoms with Gasteiger partial charge >= 0.3 is 0 Å². The molecule has 0 spiro atoms.